The predicted octanol–water partition coefficient (Wildman–Crippen LogP) is 2.15. The number of hydrogen-bond donors (Lipinski definition) is 1. The Labute approximate surface area is 145 Å². The zero-order valence-corrected chi connectivity index (χ0v) is 14.2. The molecule has 7 heteroatoms. The first-order chi connectivity index (χ1) is 11.0. The van der Waals surface area contributed by atoms with Crippen molar-refractivity contribution in [3.63, 3.8) is 0 Å². The van der Waals surface area contributed by atoms with E-state index in [1.807, 2.05) is 0 Å². The van der Waals surface area contributed by atoms with Gasteiger partial charge in [0, 0.05) is 25.3 Å². The van der Waals surface area contributed by atoms with Gasteiger partial charge in [0.05, 0.1) is 10.0 Å². The van der Waals surface area contributed by atoms with Gasteiger partial charge in [-0.3, -0.25) is 9.59 Å². The molecule has 124 valence electrons. The highest BCUT2D eigenvalue weighted by Crippen LogP contribution is 2.32. The van der Waals surface area contributed by atoms with Crippen molar-refractivity contribution in [3.05, 3.63) is 28.2 Å². The molecule has 23 heavy (non-hydrogen) atoms. The lowest BCUT2D eigenvalue weighted by molar-refractivity contribution is -0.139. The summed E-state index contributed by atoms with van der Waals surface area (Å²) in [4.78, 5) is 28.6. The van der Waals surface area contributed by atoms with Crippen molar-refractivity contribution in [1.82, 2.24) is 4.90 Å². The second kappa shape index (κ2) is 6.67. The predicted molar refractivity (Wildman–Crippen MR) is 90.7 cm³/mol. The third-order valence-corrected chi connectivity index (χ3v) is 5.39. The van der Waals surface area contributed by atoms with Crippen LogP contribution in [-0.4, -0.2) is 42.9 Å². The summed E-state index contributed by atoms with van der Waals surface area (Å²) < 4.78 is 0. The van der Waals surface area contributed by atoms with Crippen LogP contribution in [0.2, 0.25) is 10.0 Å². The zero-order valence-electron chi connectivity index (χ0n) is 12.7. The number of carbonyl (C=O) groups is 2. The van der Waals surface area contributed by atoms with E-state index in [1.54, 1.807) is 28.0 Å². The molecule has 1 aromatic rings. The highest BCUT2D eigenvalue weighted by Gasteiger charge is 2.41. The van der Waals surface area contributed by atoms with Crippen molar-refractivity contribution in [2.24, 2.45) is 17.6 Å². The number of nitrogens with zero attached hydrogens (tertiary/aromatic N) is 2. The summed E-state index contributed by atoms with van der Waals surface area (Å²) in [7, 11) is 0. The minimum absolute atomic E-state index is 0.0755. The van der Waals surface area contributed by atoms with E-state index in [-0.39, 0.29) is 11.8 Å². The van der Waals surface area contributed by atoms with Gasteiger partial charge in [-0.1, -0.05) is 23.2 Å². The first kappa shape index (κ1) is 16.6. The monoisotopic (exact) mass is 355 g/mol. The van der Waals surface area contributed by atoms with E-state index in [2.05, 4.69) is 0 Å². The average molecular weight is 356 g/mol. The van der Waals surface area contributed by atoms with E-state index in [4.69, 9.17) is 28.9 Å². The lowest BCUT2D eigenvalue weighted by Gasteiger charge is -2.21. The molecule has 2 heterocycles. The maximum Gasteiger partial charge on any atom is 0.239 e. The van der Waals surface area contributed by atoms with E-state index in [0.717, 1.165) is 6.42 Å². The Morgan fingerprint density at radius 2 is 2.00 bits per heavy atom. The number of halogens is 2. The van der Waals surface area contributed by atoms with E-state index < -0.39 is 5.92 Å². The van der Waals surface area contributed by atoms with Crippen LogP contribution in [0.25, 0.3) is 0 Å². The Kier molecular flexibility index (Phi) is 4.80. The summed E-state index contributed by atoms with van der Waals surface area (Å²) in [5.41, 5.74) is 6.35. The molecule has 2 aliphatic rings. The van der Waals surface area contributed by atoms with Crippen molar-refractivity contribution >= 4 is 40.7 Å². The van der Waals surface area contributed by atoms with Crippen LogP contribution in [0.3, 0.4) is 0 Å². The number of nitrogens with two attached hydrogens (primary N) is 1. The Bertz CT molecular complexity index is 638. The number of likely N-dealkylation sites (tertiary alicyclic amines) is 1. The van der Waals surface area contributed by atoms with Gasteiger partial charge in [0.25, 0.3) is 0 Å². The third-order valence-electron chi connectivity index (χ3n) is 4.65. The van der Waals surface area contributed by atoms with Crippen LogP contribution in [0.15, 0.2) is 18.2 Å². The first-order valence-electron chi connectivity index (χ1n) is 7.76. The lowest BCUT2D eigenvalue weighted by atomic mass is 10.1. The van der Waals surface area contributed by atoms with Gasteiger partial charge in [0.1, 0.15) is 5.92 Å². The number of benzene rings is 1. The molecule has 2 N–H and O–H groups in total. The molecule has 2 atom stereocenters. The van der Waals surface area contributed by atoms with Crippen molar-refractivity contribution < 1.29 is 9.59 Å². The van der Waals surface area contributed by atoms with Crippen LogP contribution in [-0.2, 0) is 9.59 Å². The second-order valence-electron chi connectivity index (χ2n) is 6.10. The van der Waals surface area contributed by atoms with Crippen LogP contribution < -0.4 is 10.6 Å². The summed E-state index contributed by atoms with van der Waals surface area (Å²) in [5, 5.41) is 0.844. The number of anilines is 1. The van der Waals surface area contributed by atoms with Gasteiger partial charge >= 0.3 is 0 Å². The summed E-state index contributed by atoms with van der Waals surface area (Å²) >= 11 is 11.9. The number of amides is 2. The molecule has 1 aromatic carbocycles. The number of rotatable bonds is 3. The van der Waals surface area contributed by atoms with Crippen molar-refractivity contribution in [2.45, 2.75) is 12.8 Å². The summed E-state index contributed by atoms with van der Waals surface area (Å²) in [6.45, 7) is 2.45. The van der Waals surface area contributed by atoms with E-state index in [9.17, 15) is 9.59 Å². The average Bonchev–Trinajstić information content (AvgIpc) is 3.16. The molecule has 2 saturated heterocycles. The quantitative estimate of drug-likeness (QED) is 0.844. The van der Waals surface area contributed by atoms with E-state index >= 15 is 0 Å². The highest BCUT2D eigenvalue weighted by molar-refractivity contribution is 6.42. The molecule has 0 aliphatic carbocycles. The normalized spacial score (nSPS) is 24.6. The Morgan fingerprint density at radius 3 is 2.65 bits per heavy atom. The topological polar surface area (TPSA) is 66.6 Å². The Hall–Kier alpha value is -1.30. The standard InChI is InChI=1S/C16H19Cl2N3O2/c17-13-2-1-11(7-14(13)18)21-6-4-12(16(21)23)15(22)20-5-3-10(8-19)9-20/h1-2,7,10,12H,3-6,8-9,19H2. The highest BCUT2D eigenvalue weighted by atomic mass is 35.5. The fraction of sp³-hybridized carbons (Fsp3) is 0.500. The van der Waals surface area contributed by atoms with Gasteiger partial charge in [-0.15, -0.1) is 0 Å². The number of carbonyl (C=O) groups excluding carboxylic acids is 2. The van der Waals surface area contributed by atoms with Crippen molar-refractivity contribution in [3.8, 4) is 0 Å². The fourth-order valence-electron chi connectivity index (χ4n) is 3.26. The Balaban J connectivity index is 1.71. The third kappa shape index (κ3) is 3.18. The molecular weight excluding hydrogens is 337 g/mol. The molecule has 2 fully saturated rings. The summed E-state index contributed by atoms with van der Waals surface area (Å²) in [6.07, 6.45) is 1.45. The molecule has 0 radical (unpaired) electrons. The maximum atomic E-state index is 12.6. The SMILES string of the molecule is NCC1CCN(C(=O)C2CCN(c3ccc(Cl)c(Cl)c3)C2=O)C1. The van der Waals surface area contributed by atoms with Crippen LogP contribution >= 0.6 is 23.2 Å². The van der Waals surface area contributed by atoms with Crippen molar-refractivity contribution in [1.29, 1.82) is 0 Å². The van der Waals surface area contributed by atoms with Gasteiger partial charge in [0.15, 0.2) is 0 Å². The van der Waals surface area contributed by atoms with Gasteiger partial charge in [-0.05, 0) is 43.5 Å². The van der Waals surface area contributed by atoms with Crippen LogP contribution in [0, 0.1) is 11.8 Å². The Morgan fingerprint density at radius 1 is 1.22 bits per heavy atom. The summed E-state index contributed by atoms with van der Waals surface area (Å²) in [5.74, 6) is -0.485. The molecule has 5 nitrogen and oxygen atoms in total. The molecular formula is C16H19Cl2N3O2. The van der Waals surface area contributed by atoms with Crippen LogP contribution in [0.5, 0.6) is 0 Å². The molecule has 0 aromatic heterocycles. The first-order valence-corrected chi connectivity index (χ1v) is 8.52. The molecule has 2 aliphatic heterocycles. The zero-order chi connectivity index (χ0) is 16.6. The van der Waals surface area contributed by atoms with Gasteiger partial charge in [0.2, 0.25) is 11.8 Å². The van der Waals surface area contributed by atoms with Gasteiger partial charge < -0.3 is 15.5 Å². The largest absolute Gasteiger partial charge is 0.342 e. The van der Waals surface area contributed by atoms with Gasteiger partial charge in [-0.2, -0.15) is 0 Å². The van der Waals surface area contributed by atoms with Gasteiger partial charge in [-0.25, -0.2) is 0 Å². The molecule has 2 amide bonds. The lowest BCUT2D eigenvalue weighted by Crippen LogP contribution is -2.39. The minimum Gasteiger partial charge on any atom is -0.342 e. The smallest absolute Gasteiger partial charge is 0.239 e. The molecule has 0 bridgehead atoms. The minimum atomic E-state index is -0.596. The van der Waals surface area contributed by atoms with E-state index in [1.165, 1.54) is 0 Å². The molecule has 2 unspecified atom stereocenters. The molecule has 0 spiro atoms. The van der Waals surface area contributed by atoms with Crippen LogP contribution in [0.4, 0.5) is 5.69 Å². The van der Waals surface area contributed by atoms with E-state index in [0.29, 0.717) is 54.3 Å². The second-order valence-corrected chi connectivity index (χ2v) is 6.92. The molecule has 0 saturated carbocycles. The maximum absolute atomic E-state index is 12.6. The molecule has 3 rings (SSSR count). The fourth-order valence-corrected chi connectivity index (χ4v) is 3.56. The summed E-state index contributed by atoms with van der Waals surface area (Å²) in [6, 6.07) is 5.07. The van der Waals surface area contributed by atoms with Crippen molar-refractivity contribution in [2.75, 3.05) is 31.1 Å². The number of hydrogen-bond acceptors (Lipinski definition) is 3. The van der Waals surface area contributed by atoms with Crippen LogP contribution in [0.1, 0.15) is 12.8 Å².